The highest BCUT2D eigenvalue weighted by molar-refractivity contribution is 5.95. The quantitative estimate of drug-likeness (QED) is 0.819. The molecule has 26 heavy (non-hydrogen) atoms. The lowest BCUT2D eigenvalue weighted by molar-refractivity contribution is -0.118. The van der Waals surface area contributed by atoms with Gasteiger partial charge in [0.25, 0.3) is 0 Å². The van der Waals surface area contributed by atoms with Gasteiger partial charge < -0.3 is 15.4 Å². The number of amides is 1. The lowest BCUT2D eigenvalue weighted by Gasteiger charge is -2.23. The van der Waals surface area contributed by atoms with Crippen molar-refractivity contribution in [2.45, 2.75) is 19.3 Å². The molecule has 0 bridgehead atoms. The summed E-state index contributed by atoms with van der Waals surface area (Å²) in [6, 6.07) is 13.1. The van der Waals surface area contributed by atoms with Crippen molar-refractivity contribution in [3.63, 3.8) is 0 Å². The molecule has 0 radical (unpaired) electrons. The minimum absolute atomic E-state index is 0. The number of ether oxygens (including phenoxy) is 1. The molecule has 5 nitrogen and oxygen atoms in total. The molecule has 2 aromatic rings. The van der Waals surface area contributed by atoms with Crippen LogP contribution in [0, 0.1) is 11.3 Å². The Kier molecular flexibility index (Phi) is 6.87. The summed E-state index contributed by atoms with van der Waals surface area (Å²) in [6.45, 7) is 2.05. The van der Waals surface area contributed by atoms with Gasteiger partial charge in [-0.1, -0.05) is 18.2 Å². The molecular weight excluding hydrogens is 373 g/mol. The molecule has 140 valence electrons. The topological polar surface area (TPSA) is 63.2 Å². The summed E-state index contributed by atoms with van der Waals surface area (Å²) in [5.74, 6) is 1.53. The molecule has 1 aromatic carbocycles. The highest BCUT2D eigenvalue weighted by Gasteiger charge is 2.57. The molecule has 2 heterocycles. The average molecular weight is 396 g/mol. The average Bonchev–Trinajstić information content (AvgIpc) is 3.31. The van der Waals surface area contributed by atoms with Gasteiger partial charge in [0.2, 0.25) is 11.8 Å². The number of halogens is 2. The number of rotatable bonds is 4. The highest BCUT2D eigenvalue weighted by Crippen LogP contribution is 2.58. The van der Waals surface area contributed by atoms with Gasteiger partial charge in [-0.25, -0.2) is 4.98 Å². The normalized spacial score (nSPS) is 19.6. The van der Waals surface area contributed by atoms with Gasteiger partial charge in [-0.2, -0.15) is 0 Å². The van der Waals surface area contributed by atoms with E-state index in [0.29, 0.717) is 5.88 Å². The summed E-state index contributed by atoms with van der Waals surface area (Å²) >= 11 is 0. The number of anilines is 1. The highest BCUT2D eigenvalue weighted by atomic mass is 35.5. The summed E-state index contributed by atoms with van der Waals surface area (Å²) in [5.41, 5.74) is 0.968. The maximum Gasteiger partial charge on any atom is 0.228 e. The third kappa shape index (κ3) is 4.47. The van der Waals surface area contributed by atoms with Gasteiger partial charge in [0, 0.05) is 12.0 Å². The van der Waals surface area contributed by atoms with E-state index in [0.717, 1.165) is 43.8 Å². The van der Waals surface area contributed by atoms with Crippen molar-refractivity contribution < 1.29 is 9.53 Å². The zero-order valence-electron chi connectivity index (χ0n) is 14.3. The smallest absolute Gasteiger partial charge is 0.228 e. The molecule has 1 aliphatic carbocycles. The number of nitrogens with one attached hydrogen (secondary N) is 2. The van der Waals surface area contributed by atoms with Crippen molar-refractivity contribution in [3.05, 3.63) is 48.7 Å². The van der Waals surface area contributed by atoms with E-state index in [4.69, 9.17) is 4.74 Å². The van der Waals surface area contributed by atoms with Gasteiger partial charge in [0.1, 0.15) is 5.75 Å². The Hall–Kier alpha value is -1.82. The second-order valence-electron chi connectivity index (χ2n) is 6.66. The van der Waals surface area contributed by atoms with Crippen LogP contribution in [-0.2, 0) is 4.79 Å². The van der Waals surface area contributed by atoms with Gasteiger partial charge in [-0.3, -0.25) is 4.79 Å². The molecule has 4 rings (SSSR count). The van der Waals surface area contributed by atoms with E-state index in [1.54, 1.807) is 12.3 Å². The fourth-order valence-corrected chi connectivity index (χ4v) is 3.55. The van der Waals surface area contributed by atoms with E-state index in [1.165, 1.54) is 0 Å². The lowest BCUT2D eigenvalue weighted by atomic mass is 9.92. The van der Waals surface area contributed by atoms with Crippen LogP contribution in [0.2, 0.25) is 0 Å². The largest absolute Gasteiger partial charge is 0.439 e. The molecule has 1 amide bonds. The van der Waals surface area contributed by atoms with Crippen LogP contribution in [0.3, 0.4) is 0 Å². The zero-order valence-corrected chi connectivity index (χ0v) is 15.9. The van der Waals surface area contributed by atoms with Crippen LogP contribution < -0.4 is 15.4 Å². The van der Waals surface area contributed by atoms with Crippen LogP contribution in [0.1, 0.15) is 19.3 Å². The number of hydrogen-bond donors (Lipinski definition) is 2. The van der Waals surface area contributed by atoms with Crippen LogP contribution in [0.5, 0.6) is 11.6 Å². The maximum absolute atomic E-state index is 12.4. The van der Waals surface area contributed by atoms with Gasteiger partial charge >= 0.3 is 0 Å². The van der Waals surface area contributed by atoms with Crippen LogP contribution in [0.15, 0.2) is 48.7 Å². The maximum atomic E-state index is 12.4. The second-order valence-corrected chi connectivity index (χ2v) is 6.66. The Morgan fingerprint density at radius 3 is 2.50 bits per heavy atom. The molecular formula is C19H23Cl2N3O2. The predicted molar refractivity (Wildman–Crippen MR) is 107 cm³/mol. The minimum Gasteiger partial charge on any atom is -0.439 e. The van der Waals surface area contributed by atoms with Crippen molar-refractivity contribution in [2.24, 2.45) is 11.3 Å². The Bertz CT molecular complexity index is 719. The molecule has 1 atom stereocenters. The molecule has 1 unspecified atom stereocenters. The summed E-state index contributed by atoms with van der Waals surface area (Å²) in [6.07, 6.45) is 4.87. The summed E-state index contributed by atoms with van der Waals surface area (Å²) in [5, 5.41) is 6.35. The summed E-state index contributed by atoms with van der Waals surface area (Å²) in [4.78, 5) is 16.7. The van der Waals surface area contributed by atoms with Crippen molar-refractivity contribution in [2.75, 3.05) is 18.4 Å². The summed E-state index contributed by atoms with van der Waals surface area (Å²) < 4.78 is 5.66. The standard InChI is InChI=1S/C19H21N3O2.2ClH/c23-18(16-12-19(16)8-10-20-11-9-19)22-14-6-7-17(21-13-14)24-15-4-2-1-3-5-15;;/h1-7,13,16,20H,8-12H2,(H,22,23);2*1H. The molecule has 1 spiro atoms. The second kappa shape index (κ2) is 8.71. The number of para-hydroxylation sites is 1. The van der Waals surface area contributed by atoms with Crippen molar-refractivity contribution in [1.29, 1.82) is 0 Å². The monoisotopic (exact) mass is 395 g/mol. The number of piperidine rings is 1. The van der Waals surface area contributed by atoms with Gasteiger partial charge in [-0.05, 0) is 56.0 Å². The number of pyridine rings is 1. The zero-order chi connectivity index (χ0) is 16.4. The fraction of sp³-hybridized carbons (Fsp3) is 0.368. The molecule has 1 aromatic heterocycles. The number of aromatic nitrogens is 1. The van der Waals surface area contributed by atoms with Crippen molar-refractivity contribution in [1.82, 2.24) is 10.3 Å². The van der Waals surface area contributed by atoms with Crippen LogP contribution in [-0.4, -0.2) is 24.0 Å². The lowest BCUT2D eigenvalue weighted by Crippen LogP contribution is -2.31. The SMILES string of the molecule is Cl.Cl.O=C(Nc1ccc(Oc2ccccc2)nc1)C1CC12CCNCC2. The van der Waals surface area contributed by atoms with E-state index in [-0.39, 0.29) is 42.1 Å². The van der Waals surface area contributed by atoms with E-state index < -0.39 is 0 Å². The van der Waals surface area contributed by atoms with Gasteiger partial charge in [-0.15, -0.1) is 24.8 Å². The molecule has 7 heteroatoms. The van der Waals surface area contributed by atoms with E-state index >= 15 is 0 Å². The number of benzene rings is 1. The van der Waals surface area contributed by atoms with E-state index in [1.807, 2.05) is 36.4 Å². The van der Waals surface area contributed by atoms with Crippen molar-refractivity contribution >= 4 is 36.4 Å². The van der Waals surface area contributed by atoms with Crippen LogP contribution in [0.4, 0.5) is 5.69 Å². The number of hydrogen-bond acceptors (Lipinski definition) is 4. The fourth-order valence-electron chi connectivity index (χ4n) is 3.55. The first-order valence-electron chi connectivity index (χ1n) is 8.46. The molecule has 1 saturated carbocycles. The third-order valence-corrected chi connectivity index (χ3v) is 5.08. The van der Waals surface area contributed by atoms with Gasteiger partial charge in [0.15, 0.2) is 0 Å². The minimum atomic E-state index is 0. The Balaban J connectivity index is 0.00000121. The molecule has 2 aliphatic rings. The molecule has 2 fully saturated rings. The van der Waals surface area contributed by atoms with Crippen molar-refractivity contribution in [3.8, 4) is 11.6 Å². The first-order valence-corrected chi connectivity index (χ1v) is 8.46. The Morgan fingerprint density at radius 1 is 1.12 bits per heavy atom. The molecule has 1 saturated heterocycles. The molecule has 1 aliphatic heterocycles. The number of carbonyl (C=O) groups is 1. The first kappa shape index (κ1) is 20.5. The van der Waals surface area contributed by atoms with Crippen LogP contribution in [0.25, 0.3) is 0 Å². The van der Waals surface area contributed by atoms with E-state index in [9.17, 15) is 4.79 Å². The van der Waals surface area contributed by atoms with E-state index in [2.05, 4.69) is 15.6 Å². The Morgan fingerprint density at radius 2 is 1.85 bits per heavy atom. The number of carbonyl (C=O) groups excluding carboxylic acids is 1. The number of nitrogens with zero attached hydrogens (tertiary/aromatic N) is 1. The van der Waals surface area contributed by atoms with Crippen LogP contribution >= 0.6 is 24.8 Å². The Labute approximate surface area is 165 Å². The first-order chi connectivity index (χ1) is 11.8. The summed E-state index contributed by atoms with van der Waals surface area (Å²) in [7, 11) is 0. The van der Waals surface area contributed by atoms with Gasteiger partial charge in [0.05, 0.1) is 11.9 Å². The molecule has 2 N–H and O–H groups in total. The third-order valence-electron chi connectivity index (χ3n) is 5.08. The predicted octanol–water partition coefficient (Wildman–Crippen LogP) is 4.05.